The molecule has 0 unspecified atom stereocenters. The first-order valence-electron chi connectivity index (χ1n) is 7.28. The Morgan fingerprint density at radius 2 is 1.00 bits per heavy atom. The first-order chi connectivity index (χ1) is 12.5. The summed E-state index contributed by atoms with van der Waals surface area (Å²) in [7, 11) is 0. The van der Waals surface area contributed by atoms with Crippen LogP contribution in [0.2, 0.25) is 0 Å². The van der Waals surface area contributed by atoms with Crippen molar-refractivity contribution in [2.45, 2.75) is 61.5 Å². The molecule has 0 aromatic rings. The third-order valence-electron chi connectivity index (χ3n) is 3.04. The third-order valence-corrected chi connectivity index (χ3v) is 3.04. The molecule has 0 rings (SSSR count). The van der Waals surface area contributed by atoms with Crippen LogP contribution in [0.1, 0.15) is 25.7 Å². The van der Waals surface area contributed by atoms with Gasteiger partial charge >= 0.3 is 18.1 Å². The number of carbonyl (C=O) groups is 1. The fourth-order valence-corrected chi connectivity index (χ4v) is 2.03. The van der Waals surface area contributed by atoms with Gasteiger partial charge in [-0.05, 0) is 0 Å². The molecule has 0 fully saturated rings. The van der Waals surface area contributed by atoms with Crippen LogP contribution in [0.25, 0.3) is 0 Å². The zero-order valence-electron chi connectivity index (χ0n) is 14.1. The maximum Gasteiger partial charge on any atom is 0.453 e. The van der Waals surface area contributed by atoms with E-state index in [1.165, 1.54) is 0 Å². The number of carbonyl (C=O) groups excluding carboxylic acids is 1. The number of hydrogen-bond donors (Lipinski definition) is 0. The van der Waals surface area contributed by atoms with Crippen LogP contribution in [0.4, 0.5) is 57.1 Å². The molecule has 0 atom stereocenters. The second-order valence-corrected chi connectivity index (χ2v) is 6.14. The lowest BCUT2D eigenvalue weighted by molar-refractivity contribution is -0.304. The Morgan fingerprint density at radius 1 is 0.655 bits per heavy atom. The maximum atomic E-state index is 13.4. The molecule has 2 nitrogen and oxygen atoms in total. The number of alkyl halides is 13. The van der Waals surface area contributed by atoms with E-state index in [-0.39, 0.29) is 0 Å². The van der Waals surface area contributed by atoms with E-state index in [1.807, 2.05) is 0 Å². The van der Waals surface area contributed by atoms with Gasteiger partial charge in [-0.2, -0.15) is 22.0 Å². The molecule has 0 bridgehead atoms. The van der Waals surface area contributed by atoms with Gasteiger partial charge < -0.3 is 4.74 Å². The first kappa shape index (κ1) is 27.3. The van der Waals surface area contributed by atoms with Crippen LogP contribution in [-0.4, -0.2) is 48.4 Å². The molecule has 0 heterocycles. The van der Waals surface area contributed by atoms with Crippen LogP contribution in [0.15, 0.2) is 12.7 Å². The van der Waals surface area contributed by atoms with Crippen molar-refractivity contribution >= 4 is 5.97 Å². The monoisotopic (exact) mass is 460 g/mol. The molecule has 172 valence electrons. The predicted molar refractivity (Wildman–Crippen MR) is 70.4 cm³/mol. The van der Waals surface area contributed by atoms with Crippen LogP contribution < -0.4 is 0 Å². The van der Waals surface area contributed by atoms with E-state index in [4.69, 9.17) is 0 Å². The average molecular weight is 460 g/mol. The zero-order chi connectivity index (χ0) is 23.5. The Labute approximate surface area is 154 Å². The molecule has 0 amide bonds. The second-order valence-electron chi connectivity index (χ2n) is 6.14. The normalized spacial score (nSPS) is 14.7. The molecule has 0 aromatic carbocycles. The Kier molecular flexibility index (Phi) is 8.08. The summed E-state index contributed by atoms with van der Waals surface area (Å²) < 4.78 is 171. The topological polar surface area (TPSA) is 26.3 Å². The smallest absolute Gasteiger partial charge is 0.453 e. The van der Waals surface area contributed by atoms with E-state index in [1.54, 1.807) is 0 Å². The number of ether oxygens (including phenoxy) is 1. The van der Waals surface area contributed by atoms with Gasteiger partial charge in [0.05, 0.1) is 25.7 Å². The Bertz CT molecular complexity index is 581. The highest BCUT2D eigenvalue weighted by molar-refractivity contribution is 5.81. The van der Waals surface area contributed by atoms with Gasteiger partial charge in [0, 0.05) is 6.08 Å². The Morgan fingerprint density at radius 3 is 1.34 bits per heavy atom. The lowest BCUT2D eigenvalue weighted by Crippen LogP contribution is -2.45. The van der Waals surface area contributed by atoms with Crippen molar-refractivity contribution in [1.29, 1.82) is 0 Å². The minimum Gasteiger partial charge on any atom is -0.456 e. The molecule has 0 saturated carbocycles. The van der Waals surface area contributed by atoms with Gasteiger partial charge in [0.25, 0.3) is 23.7 Å². The fourth-order valence-electron chi connectivity index (χ4n) is 2.03. The summed E-state index contributed by atoms with van der Waals surface area (Å²) in [4.78, 5) is 10.6. The van der Waals surface area contributed by atoms with E-state index in [9.17, 15) is 61.9 Å². The lowest BCUT2D eigenvalue weighted by Gasteiger charge is -2.30. The van der Waals surface area contributed by atoms with Crippen LogP contribution in [0, 0.1) is 0 Å². The molecule has 0 aliphatic rings. The van der Waals surface area contributed by atoms with Crippen LogP contribution in [0.3, 0.4) is 0 Å². The highest BCUT2D eigenvalue weighted by atomic mass is 19.4. The number of hydrogen-bond acceptors (Lipinski definition) is 2. The molecule has 0 N–H and O–H groups in total. The third kappa shape index (κ3) is 10.1. The van der Waals surface area contributed by atoms with Crippen molar-refractivity contribution in [3.05, 3.63) is 12.7 Å². The molecule has 0 aliphatic heterocycles. The molecule has 0 aromatic heterocycles. The summed E-state index contributed by atoms with van der Waals surface area (Å²) in [6.45, 7) is 0.804. The average Bonchev–Trinajstić information content (AvgIpc) is 2.37. The quantitative estimate of drug-likeness (QED) is 0.214. The van der Waals surface area contributed by atoms with Gasteiger partial charge in [0.2, 0.25) is 0 Å². The van der Waals surface area contributed by atoms with Crippen molar-refractivity contribution in [3.8, 4) is 0 Å². The summed E-state index contributed by atoms with van der Waals surface area (Å²) in [5.74, 6) is -28.0. The molecule has 0 spiro atoms. The van der Waals surface area contributed by atoms with Crippen LogP contribution in [-0.2, 0) is 9.53 Å². The first-order valence-corrected chi connectivity index (χ1v) is 7.28. The summed E-state index contributed by atoms with van der Waals surface area (Å²) >= 11 is 0. The minimum absolute atomic E-state index is 0.376. The van der Waals surface area contributed by atoms with Gasteiger partial charge in [-0.1, -0.05) is 6.58 Å². The molecular formula is C14H13F13O2. The molecule has 0 saturated heterocycles. The van der Waals surface area contributed by atoms with Crippen molar-refractivity contribution in [3.63, 3.8) is 0 Å². The van der Waals surface area contributed by atoms with Gasteiger partial charge in [-0.25, -0.2) is 39.9 Å². The molecule has 0 aliphatic carbocycles. The lowest BCUT2D eigenvalue weighted by atomic mass is 9.96. The Hall–Kier alpha value is -1.70. The number of halogens is 13. The zero-order valence-corrected chi connectivity index (χ0v) is 14.1. The molecule has 29 heavy (non-hydrogen) atoms. The van der Waals surface area contributed by atoms with Crippen molar-refractivity contribution in [1.82, 2.24) is 0 Å². The van der Waals surface area contributed by atoms with Crippen LogP contribution in [0.5, 0.6) is 0 Å². The van der Waals surface area contributed by atoms with Crippen molar-refractivity contribution < 1.29 is 66.6 Å². The standard InChI is InChI=1S/C14H13F13O2/c1-2-8(28)29-7-12(21,22)5-10(17,18)3-9(15,16)4-11(19,20)6-13(23,24)14(25,26)27/h2H,1,3-7H2. The van der Waals surface area contributed by atoms with Gasteiger partial charge in [-0.15, -0.1) is 0 Å². The van der Waals surface area contributed by atoms with Crippen molar-refractivity contribution in [2.24, 2.45) is 0 Å². The van der Waals surface area contributed by atoms with Gasteiger partial charge in [0.1, 0.15) is 0 Å². The fraction of sp³-hybridized carbons (Fsp3) is 0.786. The molecular weight excluding hydrogens is 447 g/mol. The minimum atomic E-state index is -6.51. The highest BCUT2D eigenvalue weighted by Crippen LogP contribution is 2.48. The van der Waals surface area contributed by atoms with Crippen molar-refractivity contribution in [2.75, 3.05) is 6.61 Å². The highest BCUT2D eigenvalue weighted by Gasteiger charge is 2.63. The van der Waals surface area contributed by atoms with E-state index < -0.39 is 74.0 Å². The molecule has 15 heteroatoms. The summed E-state index contributed by atoms with van der Waals surface area (Å²) in [5.41, 5.74) is 0. The van der Waals surface area contributed by atoms with Gasteiger partial charge in [0.15, 0.2) is 6.61 Å². The van der Waals surface area contributed by atoms with E-state index in [0.29, 0.717) is 6.08 Å². The van der Waals surface area contributed by atoms with E-state index in [2.05, 4.69) is 11.3 Å². The molecule has 0 radical (unpaired) electrons. The summed E-state index contributed by atoms with van der Waals surface area (Å²) in [6.07, 6.45) is -18.5. The summed E-state index contributed by atoms with van der Waals surface area (Å²) in [5, 5.41) is 0. The summed E-state index contributed by atoms with van der Waals surface area (Å²) in [6, 6.07) is 0. The van der Waals surface area contributed by atoms with Crippen LogP contribution >= 0.6 is 0 Å². The second kappa shape index (κ2) is 8.58. The maximum absolute atomic E-state index is 13.4. The van der Waals surface area contributed by atoms with E-state index >= 15 is 0 Å². The van der Waals surface area contributed by atoms with Gasteiger partial charge in [-0.3, -0.25) is 0 Å². The number of esters is 1. The predicted octanol–water partition coefficient (Wildman–Crippen LogP) is 6.01. The largest absolute Gasteiger partial charge is 0.456 e. The Balaban J connectivity index is 5.13. The van der Waals surface area contributed by atoms with E-state index in [0.717, 1.165) is 0 Å². The SMILES string of the molecule is C=CC(=O)OCC(F)(F)CC(F)(F)CC(F)(F)CC(F)(F)CC(F)(F)C(F)(F)F. The number of rotatable bonds is 11.